The monoisotopic (exact) mass is 385 g/mol. The molecule has 0 amide bonds. The molecule has 0 aliphatic carbocycles. The van der Waals surface area contributed by atoms with Crippen molar-refractivity contribution >= 4 is 17.6 Å². The van der Waals surface area contributed by atoms with E-state index in [4.69, 9.17) is 0 Å². The van der Waals surface area contributed by atoms with Gasteiger partial charge in [0.25, 0.3) is 0 Å². The largest absolute Gasteiger partial charge is 0.508 e. The molecule has 0 unspecified atom stereocenters. The van der Waals surface area contributed by atoms with E-state index < -0.39 is 0 Å². The maximum atomic E-state index is 9.38. The second kappa shape index (κ2) is 8.50. The summed E-state index contributed by atoms with van der Waals surface area (Å²) in [5.74, 6) is 0.237. The Morgan fingerprint density at radius 3 is 2.25 bits per heavy atom. The van der Waals surface area contributed by atoms with E-state index in [1.165, 1.54) is 5.56 Å². The third-order valence-corrected chi connectivity index (χ3v) is 5.15. The lowest BCUT2D eigenvalue weighted by Crippen LogP contribution is -2.16. The molecule has 0 radical (unpaired) electrons. The Hall–Kier alpha value is -3.44. The molecule has 0 spiro atoms. The number of thiazole rings is 1. The lowest BCUT2D eigenvalue weighted by molar-refractivity contribution is 0.475. The quantitative estimate of drug-likeness (QED) is 0.385. The molecule has 1 N–H and O–H groups in total. The van der Waals surface area contributed by atoms with Crippen molar-refractivity contribution in [1.29, 1.82) is 0 Å². The first-order valence-electron chi connectivity index (χ1n) is 8.93. The zero-order valence-corrected chi connectivity index (χ0v) is 16.0. The molecule has 1 aromatic heterocycles. The lowest BCUT2D eigenvalue weighted by Gasteiger charge is -2.09. The van der Waals surface area contributed by atoms with Gasteiger partial charge in [-0.2, -0.15) is 5.10 Å². The van der Waals surface area contributed by atoms with Crippen LogP contribution in [0.15, 0.2) is 101 Å². The van der Waals surface area contributed by atoms with Gasteiger partial charge in [-0.3, -0.25) is 0 Å². The van der Waals surface area contributed by atoms with Crippen molar-refractivity contribution in [2.45, 2.75) is 6.54 Å². The lowest BCUT2D eigenvalue weighted by atomic mass is 10.1. The van der Waals surface area contributed by atoms with Gasteiger partial charge in [0, 0.05) is 5.38 Å². The summed E-state index contributed by atoms with van der Waals surface area (Å²) in [6.07, 6.45) is 1.69. The number of aromatic nitrogens is 1. The highest BCUT2D eigenvalue weighted by Crippen LogP contribution is 2.20. The van der Waals surface area contributed by atoms with Gasteiger partial charge in [0.15, 0.2) is 0 Å². The Morgan fingerprint density at radius 2 is 1.54 bits per heavy atom. The summed E-state index contributed by atoms with van der Waals surface area (Å²) in [4.78, 5) is 0.831. The number of rotatable bonds is 5. The molecule has 138 valence electrons. The first-order valence-corrected chi connectivity index (χ1v) is 9.81. The van der Waals surface area contributed by atoms with E-state index in [1.807, 2.05) is 36.4 Å². The number of aromatic hydroxyl groups is 1. The Bertz CT molecular complexity index is 1130. The zero-order valence-electron chi connectivity index (χ0n) is 15.1. The maximum absolute atomic E-state index is 9.38. The highest BCUT2D eigenvalue weighted by molar-refractivity contribution is 7.07. The molecule has 0 aliphatic heterocycles. The van der Waals surface area contributed by atoms with Crippen molar-refractivity contribution < 1.29 is 5.11 Å². The smallest absolute Gasteiger partial charge is 0.211 e. The number of nitrogens with zero attached hydrogens (tertiary/aromatic N) is 3. The van der Waals surface area contributed by atoms with Crippen molar-refractivity contribution in [1.82, 2.24) is 4.57 Å². The standard InChI is InChI=1S/C23H19N3OS/c27-21-13-11-18(12-14-21)15-24-25-23-26(16-19-7-3-1-4-8-19)22(17-28-23)20-9-5-2-6-10-20/h1-15,17,27H,16H2. The van der Waals surface area contributed by atoms with Gasteiger partial charge in [-0.05, 0) is 41.0 Å². The summed E-state index contributed by atoms with van der Waals surface area (Å²) in [6.45, 7) is 0.724. The molecule has 0 aliphatic rings. The maximum Gasteiger partial charge on any atom is 0.211 e. The van der Waals surface area contributed by atoms with Crippen molar-refractivity contribution in [3.05, 3.63) is 106 Å². The summed E-state index contributed by atoms with van der Waals surface area (Å²) in [6, 6.07) is 27.5. The van der Waals surface area contributed by atoms with Crippen molar-refractivity contribution in [3.63, 3.8) is 0 Å². The van der Waals surface area contributed by atoms with Crippen LogP contribution in [0.5, 0.6) is 5.75 Å². The van der Waals surface area contributed by atoms with Gasteiger partial charge in [0.1, 0.15) is 5.75 Å². The molecule has 1 heterocycles. The SMILES string of the molecule is Oc1ccc(C=NN=c2scc(-c3ccccc3)n2Cc2ccccc2)cc1. The van der Waals surface area contributed by atoms with E-state index >= 15 is 0 Å². The fourth-order valence-corrected chi connectivity index (χ4v) is 3.74. The first-order chi connectivity index (χ1) is 13.8. The number of phenols is 1. The van der Waals surface area contributed by atoms with Gasteiger partial charge in [0.05, 0.1) is 18.5 Å². The van der Waals surface area contributed by atoms with E-state index in [0.29, 0.717) is 0 Å². The molecule has 28 heavy (non-hydrogen) atoms. The number of hydrogen-bond donors (Lipinski definition) is 1. The normalized spacial score (nSPS) is 11.9. The highest BCUT2D eigenvalue weighted by Gasteiger charge is 2.08. The van der Waals surface area contributed by atoms with E-state index in [1.54, 1.807) is 41.8 Å². The molecule has 5 heteroatoms. The van der Waals surface area contributed by atoms with Gasteiger partial charge in [-0.15, -0.1) is 16.4 Å². The van der Waals surface area contributed by atoms with E-state index in [2.05, 4.69) is 44.4 Å². The molecule has 0 saturated carbocycles. The Labute approximate surface area is 167 Å². The summed E-state index contributed by atoms with van der Waals surface area (Å²) < 4.78 is 2.18. The molecule has 0 bridgehead atoms. The van der Waals surface area contributed by atoms with Crippen LogP contribution in [-0.2, 0) is 6.54 Å². The molecule has 0 fully saturated rings. The van der Waals surface area contributed by atoms with E-state index in [-0.39, 0.29) is 5.75 Å². The van der Waals surface area contributed by atoms with E-state index in [0.717, 1.165) is 28.2 Å². The van der Waals surface area contributed by atoms with Crippen LogP contribution in [0.4, 0.5) is 0 Å². The van der Waals surface area contributed by atoms with Crippen molar-refractivity contribution in [2.75, 3.05) is 0 Å². The van der Waals surface area contributed by atoms with Gasteiger partial charge < -0.3 is 9.67 Å². The fraction of sp³-hybridized carbons (Fsp3) is 0.0435. The van der Waals surface area contributed by atoms with Gasteiger partial charge in [0.2, 0.25) is 4.80 Å². The van der Waals surface area contributed by atoms with Crippen LogP contribution in [0.1, 0.15) is 11.1 Å². The minimum atomic E-state index is 0.237. The number of benzene rings is 3. The minimum absolute atomic E-state index is 0.237. The van der Waals surface area contributed by atoms with Crippen LogP contribution < -0.4 is 4.80 Å². The third-order valence-electron chi connectivity index (χ3n) is 4.29. The minimum Gasteiger partial charge on any atom is -0.508 e. The number of phenolic OH excluding ortho intramolecular Hbond substituents is 1. The van der Waals surface area contributed by atoms with Crippen LogP contribution in [0.25, 0.3) is 11.3 Å². The molecule has 3 aromatic carbocycles. The highest BCUT2D eigenvalue weighted by atomic mass is 32.1. The zero-order chi connectivity index (χ0) is 19.2. The molecule has 4 nitrogen and oxygen atoms in total. The summed E-state index contributed by atoms with van der Waals surface area (Å²) in [5.41, 5.74) is 4.37. The second-order valence-electron chi connectivity index (χ2n) is 6.28. The molecule has 4 aromatic rings. The summed E-state index contributed by atoms with van der Waals surface area (Å²) in [7, 11) is 0. The van der Waals surface area contributed by atoms with Crippen LogP contribution in [0, 0.1) is 0 Å². The Morgan fingerprint density at radius 1 is 0.857 bits per heavy atom. The summed E-state index contributed by atoms with van der Waals surface area (Å²) >= 11 is 1.57. The molecule has 0 saturated heterocycles. The van der Waals surface area contributed by atoms with Gasteiger partial charge in [-0.1, -0.05) is 60.7 Å². The van der Waals surface area contributed by atoms with Gasteiger partial charge >= 0.3 is 0 Å². The topological polar surface area (TPSA) is 49.9 Å². The van der Waals surface area contributed by atoms with E-state index in [9.17, 15) is 5.11 Å². The number of hydrogen-bond acceptors (Lipinski definition) is 4. The van der Waals surface area contributed by atoms with Crippen molar-refractivity contribution in [3.8, 4) is 17.0 Å². The van der Waals surface area contributed by atoms with Crippen LogP contribution in [0.3, 0.4) is 0 Å². The van der Waals surface area contributed by atoms with Crippen LogP contribution >= 0.6 is 11.3 Å². The van der Waals surface area contributed by atoms with Crippen molar-refractivity contribution in [2.24, 2.45) is 10.2 Å². The Balaban J connectivity index is 1.72. The molecule has 0 atom stereocenters. The predicted molar refractivity (Wildman–Crippen MR) is 115 cm³/mol. The van der Waals surface area contributed by atoms with Gasteiger partial charge in [-0.25, -0.2) is 0 Å². The first kappa shape index (κ1) is 17.9. The third kappa shape index (κ3) is 4.27. The second-order valence-corrected chi connectivity index (χ2v) is 7.11. The van der Waals surface area contributed by atoms with Crippen LogP contribution in [0.2, 0.25) is 0 Å². The predicted octanol–water partition coefficient (Wildman–Crippen LogP) is 4.91. The molecular formula is C23H19N3OS. The fourth-order valence-electron chi connectivity index (χ4n) is 2.87. The average Bonchev–Trinajstić information content (AvgIpc) is 3.13. The Kier molecular flexibility index (Phi) is 5.45. The average molecular weight is 385 g/mol. The molecular weight excluding hydrogens is 366 g/mol. The molecule has 4 rings (SSSR count). The van der Waals surface area contributed by atoms with Crippen LogP contribution in [-0.4, -0.2) is 15.9 Å². The summed E-state index contributed by atoms with van der Waals surface area (Å²) in [5, 5.41) is 20.2.